The van der Waals surface area contributed by atoms with E-state index in [-0.39, 0.29) is 0 Å². The number of ether oxygens (including phenoxy) is 1. The number of halogens is 1. The van der Waals surface area contributed by atoms with E-state index in [4.69, 9.17) is 16.3 Å². The molecule has 0 aliphatic heterocycles. The minimum atomic E-state index is 0.508. The van der Waals surface area contributed by atoms with Crippen molar-refractivity contribution in [3.8, 4) is 0 Å². The highest BCUT2D eigenvalue weighted by Gasteiger charge is 1.92. The first-order valence-electron chi connectivity index (χ1n) is 2.27. The lowest BCUT2D eigenvalue weighted by molar-refractivity contribution is 0.306. The van der Waals surface area contributed by atoms with E-state index in [0.717, 1.165) is 0 Å². The summed E-state index contributed by atoms with van der Waals surface area (Å²) in [6.07, 6.45) is 1.73. The van der Waals surface area contributed by atoms with Gasteiger partial charge in [-0.1, -0.05) is 24.3 Å². The Balaban J connectivity index is 3.83. The van der Waals surface area contributed by atoms with Crippen molar-refractivity contribution in [1.29, 1.82) is 0 Å². The number of hydrogen-bond acceptors (Lipinski definition) is 1. The van der Waals surface area contributed by atoms with Gasteiger partial charge in [0.15, 0.2) is 0 Å². The lowest BCUT2D eigenvalue weighted by atomic mass is 10.5. The summed E-state index contributed by atoms with van der Waals surface area (Å²) in [6.45, 7) is 5.35. The minimum Gasteiger partial charge on any atom is -0.496 e. The fourth-order valence-corrected chi connectivity index (χ4v) is 0.336. The van der Waals surface area contributed by atoms with Gasteiger partial charge in [0.05, 0.1) is 12.1 Å². The van der Waals surface area contributed by atoms with Crippen LogP contribution in [0.2, 0.25) is 0 Å². The van der Waals surface area contributed by atoms with Crippen molar-refractivity contribution in [1.82, 2.24) is 0 Å². The zero-order chi connectivity index (χ0) is 6.57. The van der Waals surface area contributed by atoms with Gasteiger partial charge in [-0.25, -0.2) is 0 Å². The topological polar surface area (TPSA) is 9.23 Å². The van der Waals surface area contributed by atoms with Gasteiger partial charge in [-0.2, -0.15) is 0 Å². The molecule has 0 N–H and O–H groups in total. The van der Waals surface area contributed by atoms with Gasteiger partial charge < -0.3 is 4.74 Å². The van der Waals surface area contributed by atoms with E-state index < -0.39 is 0 Å². The summed E-state index contributed by atoms with van der Waals surface area (Å²) in [6, 6.07) is 0. The quantitative estimate of drug-likeness (QED) is 0.414. The fourth-order valence-electron chi connectivity index (χ4n) is 0.258. The smallest absolute Gasteiger partial charge is 0.129 e. The summed E-state index contributed by atoms with van der Waals surface area (Å²) in [5.41, 5.74) is 0. The largest absolute Gasteiger partial charge is 0.496 e. The molecule has 8 heavy (non-hydrogen) atoms. The van der Waals surface area contributed by atoms with Crippen molar-refractivity contribution in [3.63, 3.8) is 0 Å². The van der Waals surface area contributed by atoms with Crippen molar-refractivity contribution in [2.24, 2.45) is 0 Å². The molecule has 0 amide bonds. The molecule has 0 saturated heterocycles. The van der Waals surface area contributed by atoms with Crippen LogP contribution in [-0.4, -0.2) is 7.11 Å². The van der Waals surface area contributed by atoms with Gasteiger partial charge in [-0.15, -0.1) is 0 Å². The average molecular weight is 133 g/mol. The maximum atomic E-state index is 5.55. The van der Waals surface area contributed by atoms with E-state index in [9.17, 15) is 0 Å². The standard InChI is InChI=1S/C6H9ClO/c1-4-6(7)5(2)8-3/h4H,2H2,1,3H3/b6-4+. The summed E-state index contributed by atoms with van der Waals surface area (Å²) in [5.74, 6) is 0.508. The van der Waals surface area contributed by atoms with Crippen LogP contribution in [0.1, 0.15) is 6.92 Å². The van der Waals surface area contributed by atoms with Crippen LogP contribution in [0.3, 0.4) is 0 Å². The second-order valence-electron chi connectivity index (χ2n) is 1.26. The van der Waals surface area contributed by atoms with E-state index in [0.29, 0.717) is 10.8 Å². The lowest BCUT2D eigenvalue weighted by Crippen LogP contribution is -1.81. The highest BCUT2D eigenvalue weighted by atomic mass is 35.5. The van der Waals surface area contributed by atoms with E-state index in [2.05, 4.69) is 6.58 Å². The van der Waals surface area contributed by atoms with Crippen molar-refractivity contribution >= 4 is 11.6 Å². The normalized spacial score (nSPS) is 11.1. The Labute approximate surface area is 54.6 Å². The molecule has 0 heterocycles. The summed E-state index contributed by atoms with van der Waals surface area (Å²) in [7, 11) is 1.54. The molecule has 0 aromatic carbocycles. The Morgan fingerprint density at radius 1 is 1.75 bits per heavy atom. The van der Waals surface area contributed by atoms with Crippen molar-refractivity contribution < 1.29 is 4.74 Å². The van der Waals surface area contributed by atoms with Crippen LogP contribution < -0.4 is 0 Å². The molecule has 2 heteroatoms. The van der Waals surface area contributed by atoms with Gasteiger partial charge in [0.2, 0.25) is 0 Å². The van der Waals surface area contributed by atoms with Crippen LogP contribution >= 0.6 is 11.6 Å². The second kappa shape index (κ2) is 3.56. The lowest BCUT2D eigenvalue weighted by Gasteiger charge is -1.98. The molecule has 0 aromatic heterocycles. The molecule has 0 spiro atoms. The number of hydrogen-bond donors (Lipinski definition) is 0. The first-order chi connectivity index (χ1) is 3.72. The Bertz CT molecular complexity index is 116. The van der Waals surface area contributed by atoms with E-state index >= 15 is 0 Å². The van der Waals surface area contributed by atoms with E-state index in [1.807, 2.05) is 6.92 Å². The van der Waals surface area contributed by atoms with Crippen molar-refractivity contribution in [3.05, 3.63) is 23.4 Å². The predicted molar refractivity (Wildman–Crippen MR) is 35.8 cm³/mol. The van der Waals surface area contributed by atoms with Crippen LogP contribution in [0.4, 0.5) is 0 Å². The maximum Gasteiger partial charge on any atom is 0.129 e. The molecule has 0 saturated carbocycles. The Morgan fingerprint density at radius 3 is 2.38 bits per heavy atom. The fraction of sp³-hybridized carbons (Fsp3) is 0.333. The molecule has 0 bridgehead atoms. The van der Waals surface area contributed by atoms with Gasteiger partial charge in [-0.3, -0.25) is 0 Å². The third-order valence-corrected chi connectivity index (χ3v) is 1.20. The highest BCUT2D eigenvalue weighted by Crippen LogP contribution is 2.11. The minimum absolute atomic E-state index is 0.508. The molecular weight excluding hydrogens is 124 g/mol. The van der Waals surface area contributed by atoms with Gasteiger partial charge in [0.1, 0.15) is 5.76 Å². The van der Waals surface area contributed by atoms with Crippen LogP contribution in [0, 0.1) is 0 Å². The molecule has 0 radical (unpaired) electrons. The van der Waals surface area contributed by atoms with Crippen LogP contribution in [0.25, 0.3) is 0 Å². The summed E-state index contributed by atoms with van der Waals surface area (Å²) < 4.78 is 4.71. The van der Waals surface area contributed by atoms with Gasteiger partial charge in [0.25, 0.3) is 0 Å². The molecule has 0 unspecified atom stereocenters. The van der Waals surface area contributed by atoms with Gasteiger partial charge >= 0.3 is 0 Å². The zero-order valence-electron chi connectivity index (χ0n) is 5.07. The Hall–Kier alpha value is -0.430. The van der Waals surface area contributed by atoms with Crippen molar-refractivity contribution in [2.75, 3.05) is 7.11 Å². The van der Waals surface area contributed by atoms with E-state index in [1.54, 1.807) is 6.08 Å². The monoisotopic (exact) mass is 132 g/mol. The number of allylic oxidation sites excluding steroid dienone is 2. The van der Waals surface area contributed by atoms with Crippen LogP contribution in [-0.2, 0) is 4.74 Å². The summed E-state index contributed by atoms with van der Waals surface area (Å²) in [5, 5.41) is 0.563. The molecule has 0 aromatic rings. The second-order valence-corrected chi connectivity index (χ2v) is 1.67. The molecule has 0 atom stereocenters. The summed E-state index contributed by atoms with van der Waals surface area (Å²) in [4.78, 5) is 0. The maximum absolute atomic E-state index is 5.55. The SMILES string of the molecule is C=C(OC)/C(Cl)=C\C. The van der Waals surface area contributed by atoms with Gasteiger partial charge in [-0.05, 0) is 6.92 Å². The molecule has 0 aliphatic carbocycles. The Kier molecular flexibility index (Phi) is 3.37. The number of methoxy groups -OCH3 is 1. The Morgan fingerprint density at radius 2 is 2.25 bits per heavy atom. The van der Waals surface area contributed by atoms with Gasteiger partial charge in [0, 0.05) is 0 Å². The third-order valence-electron chi connectivity index (χ3n) is 0.766. The van der Waals surface area contributed by atoms with E-state index in [1.165, 1.54) is 7.11 Å². The molecule has 0 fully saturated rings. The zero-order valence-corrected chi connectivity index (χ0v) is 5.83. The molecular formula is C6H9ClO. The summed E-state index contributed by atoms with van der Waals surface area (Å²) >= 11 is 5.55. The third kappa shape index (κ3) is 2.03. The average Bonchev–Trinajstić information content (AvgIpc) is 1.84. The molecule has 1 nitrogen and oxygen atoms in total. The van der Waals surface area contributed by atoms with Crippen LogP contribution in [0.15, 0.2) is 23.4 Å². The molecule has 0 aliphatic rings. The predicted octanol–water partition coefficient (Wildman–Crippen LogP) is 2.29. The highest BCUT2D eigenvalue weighted by molar-refractivity contribution is 6.31. The first kappa shape index (κ1) is 7.57. The van der Waals surface area contributed by atoms with Crippen LogP contribution in [0.5, 0.6) is 0 Å². The van der Waals surface area contributed by atoms with Crippen molar-refractivity contribution in [2.45, 2.75) is 6.92 Å². The molecule has 46 valence electrons. The molecule has 0 rings (SSSR count). The number of rotatable bonds is 2. The first-order valence-corrected chi connectivity index (χ1v) is 2.65.